The van der Waals surface area contributed by atoms with Crippen LogP contribution in [0.1, 0.15) is 30.8 Å². The largest absolute Gasteiger partial charge is 0.398 e. The lowest BCUT2D eigenvalue weighted by molar-refractivity contribution is 0.793. The average molecular weight is 254 g/mol. The fraction of sp³-hybridized carbons (Fsp3) is 0.333. The molecule has 0 unspecified atom stereocenters. The summed E-state index contributed by atoms with van der Waals surface area (Å²) >= 11 is 0. The SMILES string of the molecule is CCc1cc(CC)n(-c2ccc(N)c(CC#N)c2)n1. The van der Waals surface area contributed by atoms with Crippen LogP contribution in [0.5, 0.6) is 0 Å². The van der Waals surface area contributed by atoms with Gasteiger partial charge < -0.3 is 5.73 Å². The van der Waals surface area contributed by atoms with E-state index in [-0.39, 0.29) is 0 Å². The maximum absolute atomic E-state index is 8.82. The van der Waals surface area contributed by atoms with Crippen molar-refractivity contribution in [3.63, 3.8) is 0 Å². The maximum Gasteiger partial charge on any atom is 0.0670 e. The molecule has 0 atom stereocenters. The van der Waals surface area contributed by atoms with Gasteiger partial charge in [0, 0.05) is 11.4 Å². The van der Waals surface area contributed by atoms with Gasteiger partial charge in [0.1, 0.15) is 0 Å². The van der Waals surface area contributed by atoms with Crippen LogP contribution in [0.15, 0.2) is 24.3 Å². The molecule has 1 aromatic carbocycles. The third kappa shape index (κ3) is 2.60. The van der Waals surface area contributed by atoms with Gasteiger partial charge in [-0.3, -0.25) is 0 Å². The molecular formula is C15H18N4. The summed E-state index contributed by atoms with van der Waals surface area (Å²) < 4.78 is 1.94. The van der Waals surface area contributed by atoms with Crippen molar-refractivity contribution in [3.8, 4) is 11.8 Å². The molecule has 4 nitrogen and oxygen atoms in total. The van der Waals surface area contributed by atoms with Crippen molar-refractivity contribution in [1.82, 2.24) is 9.78 Å². The molecule has 2 aromatic rings. The van der Waals surface area contributed by atoms with E-state index in [0.29, 0.717) is 12.1 Å². The van der Waals surface area contributed by atoms with Gasteiger partial charge in [-0.2, -0.15) is 10.4 Å². The topological polar surface area (TPSA) is 67.6 Å². The smallest absolute Gasteiger partial charge is 0.0670 e. The van der Waals surface area contributed by atoms with E-state index in [0.717, 1.165) is 29.8 Å². The lowest BCUT2D eigenvalue weighted by atomic mass is 10.1. The molecule has 0 aliphatic heterocycles. The van der Waals surface area contributed by atoms with E-state index in [1.54, 1.807) is 0 Å². The molecule has 0 spiro atoms. The molecular weight excluding hydrogens is 236 g/mol. The molecule has 2 N–H and O–H groups in total. The first-order chi connectivity index (χ1) is 9.19. The molecule has 0 aliphatic rings. The van der Waals surface area contributed by atoms with Gasteiger partial charge in [0.2, 0.25) is 0 Å². The number of benzene rings is 1. The summed E-state index contributed by atoms with van der Waals surface area (Å²) in [6.45, 7) is 4.21. The van der Waals surface area contributed by atoms with Crippen molar-refractivity contribution in [2.24, 2.45) is 0 Å². The summed E-state index contributed by atoms with van der Waals surface area (Å²) in [6, 6.07) is 10.0. The van der Waals surface area contributed by atoms with Crippen molar-refractivity contribution in [2.75, 3.05) is 5.73 Å². The van der Waals surface area contributed by atoms with Crippen LogP contribution in [0.4, 0.5) is 5.69 Å². The summed E-state index contributed by atoms with van der Waals surface area (Å²) in [7, 11) is 0. The van der Waals surface area contributed by atoms with Crippen LogP contribution in [0.2, 0.25) is 0 Å². The number of aryl methyl sites for hydroxylation is 2. The second-order valence-electron chi connectivity index (χ2n) is 4.46. The number of nitrogens with zero attached hydrogens (tertiary/aromatic N) is 3. The summed E-state index contributed by atoms with van der Waals surface area (Å²) in [5, 5.41) is 13.4. The van der Waals surface area contributed by atoms with E-state index in [2.05, 4.69) is 31.1 Å². The van der Waals surface area contributed by atoms with E-state index in [9.17, 15) is 0 Å². The van der Waals surface area contributed by atoms with E-state index in [1.807, 2.05) is 22.9 Å². The fourth-order valence-electron chi connectivity index (χ4n) is 2.09. The first kappa shape index (κ1) is 13.2. The first-order valence-corrected chi connectivity index (χ1v) is 6.53. The highest BCUT2D eigenvalue weighted by Crippen LogP contribution is 2.20. The Morgan fingerprint density at radius 3 is 2.68 bits per heavy atom. The van der Waals surface area contributed by atoms with Crippen LogP contribution in [0.3, 0.4) is 0 Å². The van der Waals surface area contributed by atoms with Gasteiger partial charge in [0.05, 0.1) is 23.9 Å². The van der Waals surface area contributed by atoms with Gasteiger partial charge in [-0.1, -0.05) is 13.8 Å². The third-order valence-corrected chi connectivity index (χ3v) is 3.20. The predicted octanol–water partition coefficient (Wildman–Crippen LogP) is 2.65. The lowest BCUT2D eigenvalue weighted by Crippen LogP contribution is -2.03. The number of hydrogen-bond donors (Lipinski definition) is 1. The standard InChI is InChI=1S/C15H18N4/c1-3-12-10-13(4-2)19(18-12)14-5-6-15(17)11(9-14)7-8-16/h5-6,9-10H,3-4,7,17H2,1-2H3. The number of nitrogens with two attached hydrogens (primary N) is 1. The molecule has 0 fully saturated rings. The Labute approximate surface area is 113 Å². The van der Waals surface area contributed by atoms with Crippen LogP contribution >= 0.6 is 0 Å². The first-order valence-electron chi connectivity index (χ1n) is 6.53. The molecule has 0 saturated carbocycles. The zero-order chi connectivity index (χ0) is 13.8. The van der Waals surface area contributed by atoms with Crippen molar-refractivity contribution in [3.05, 3.63) is 41.2 Å². The minimum absolute atomic E-state index is 0.322. The quantitative estimate of drug-likeness (QED) is 0.853. The Kier molecular flexibility index (Phi) is 3.86. The van der Waals surface area contributed by atoms with Gasteiger partial charge in [0.25, 0.3) is 0 Å². The summed E-state index contributed by atoms with van der Waals surface area (Å²) in [5.74, 6) is 0. The van der Waals surface area contributed by atoms with Crippen LogP contribution in [-0.4, -0.2) is 9.78 Å². The average Bonchev–Trinajstić information content (AvgIpc) is 2.85. The zero-order valence-electron chi connectivity index (χ0n) is 11.3. The molecule has 1 aromatic heterocycles. The molecule has 19 heavy (non-hydrogen) atoms. The Morgan fingerprint density at radius 2 is 2.05 bits per heavy atom. The van der Waals surface area contributed by atoms with Gasteiger partial charge in [-0.25, -0.2) is 4.68 Å². The Morgan fingerprint density at radius 1 is 1.26 bits per heavy atom. The minimum Gasteiger partial charge on any atom is -0.398 e. The molecule has 0 amide bonds. The Balaban J connectivity index is 2.49. The summed E-state index contributed by atoms with van der Waals surface area (Å²) in [6.07, 6.45) is 2.16. The minimum atomic E-state index is 0.322. The Hall–Kier alpha value is -2.28. The number of anilines is 1. The van der Waals surface area contributed by atoms with Crippen LogP contribution in [0.25, 0.3) is 5.69 Å². The fourth-order valence-corrected chi connectivity index (χ4v) is 2.09. The van der Waals surface area contributed by atoms with E-state index < -0.39 is 0 Å². The van der Waals surface area contributed by atoms with E-state index in [4.69, 9.17) is 11.0 Å². The highest BCUT2D eigenvalue weighted by atomic mass is 15.3. The molecule has 0 radical (unpaired) electrons. The second-order valence-corrected chi connectivity index (χ2v) is 4.46. The third-order valence-electron chi connectivity index (χ3n) is 3.20. The van der Waals surface area contributed by atoms with Crippen molar-refractivity contribution in [1.29, 1.82) is 5.26 Å². The predicted molar refractivity (Wildman–Crippen MR) is 76.0 cm³/mol. The number of hydrogen-bond acceptors (Lipinski definition) is 3. The monoisotopic (exact) mass is 254 g/mol. The van der Waals surface area contributed by atoms with Gasteiger partial charge >= 0.3 is 0 Å². The van der Waals surface area contributed by atoms with Gasteiger partial charge in [-0.15, -0.1) is 0 Å². The van der Waals surface area contributed by atoms with Crippen LogP contribution in [-0.2, 0) is 19.3 Å². The van der Waals surface area contributed by atoms with Crippen molar-refractivity contribution >= 4 is 5.69 Å². The van der Waals surface area contributed by atoms with Crippen LogP contribution < -0.4 is 5.73 Å². The molecule has 0 saturated heterocycles. The van der Waals surface area contributed by atoms with Crippen molar-refractivity contribution in [2.45, 2.75) is 33.1 Å². The Bertz CT molecular complexity index is 620. The van der Waals surface area contributed by atoms with Crippen LogP contribution in [0, 0.1) is 11.3 Å². The molecule has 0 bridgehead atoms. The molecule has 98 valence electrons. The molecule has 4 heteroatoms. The normalized spacial score (nSPS) is 10.4. The zero-order valence-corrected chi connectivity index (χ0v) is 11.3. The summed E-state index contributed by atoms with van der Waals surface area (Å²) in [4.78, 5) is 0. The number of nitrogen functional groups attached to an aromatic ring is 1. The molecule has 2 rings (SSSR count). The number of nitriles is 1. The number of rotatable bonds is 4. The highest BCUT2D eigenvalue weighted by molar-refractivity contribution is 5.53. The molecule has 0 aliphatic carbocycles. The highest BCUT2D eigenvalue weighted by Gasteiger charge is 2.09. The number of aromatic nitrogens is 2. The van der Waals surface area contributed by atoms with Gasteiger partial charge in [0.15, 0.2) is 0 Å². The van der Waals surface area contributed by atoms with E-state index in [1.165, 1.54) is 5.69 Å². The summed E-state index contributed by atoms with van der Waals surface area (Å²) in [5.41, 5.74) is 10.6. The lowest BCUT2D eigenvalue weighted by Gasteiger charge is -2.09. The van der Waals surface area contributed by atoms with Crippen molar-refractivity contribution < 1.29 is 0 Å². The van der Waals surface area contributed by atoms with Gasteiger partial charge in [-0.05, 0) is 42.7 Å². The molecule has 1 heterocycles. The second kappa shape index (κ2) is 5.57. The maximum atomic E-state index is 8.82. The van der Waals surface area contributed by atoms with E-state index >= 15 is 0 Å².